The van der Waals surface area contributed by atoms with Crippen LogP contribution >= 0.6 is 35.3 Å². The predicted molar refractivity (Wildman–Crippen MR) is 81.3 cm³/mol. The molecule has 2 aromatic heterocycles. The molecular formula is C12H14N2OS3. The van der Waals surface area contributed by atoms with Crippen LogP contribution in [0.25, 0.3) is 10.2 Å². The highest BCUT2D eigenvalue weighted by Crippen LogP contribution is 2.43. The molecular weight excluding hydrogens is 284 g/mol. The molecule has 0 aromatic carbocycles. The topological polar surface area (TPSA) is 37.8 Å². The van der Waals surface area contributed by atoms with E-state index in [2.05, 4.69) is 18.8 Å². The summed E-state index contributed by atoms with van der Waals surface area (Å²) >= 11 is 8.80. The molecule has 0 radical (unpaired) electrons. The van der Waals surface area contributed by atoms with Crippen molar-refractivity contribution < 1.29 is 0 Å². The van der Waals surface area contributed by atoms with Crippen molar-refractivity contribution in [3.63, 3.8) is 0 Å². The third kappa shape index (κ3) is 1.78. The van der Waals surface area contributed by atoms with Crippen molar-refractivity contribution in [2.75, 3.05) is 0 Å². The van der Waals surface area contributed by atoms with Gasteiger partial charge in [-0.2, -0.15) is 0 Å². The van der Waals surface area contributed by atoms with E-state index in [1.165, 1.54) is 15.0 Å². The Morgan fingerprint density at radius 1 is 1.44 bits per heavy atom. The summed E-state index contributed by atoms with van der Waals surface area (Å²) < 4.78 is 2.23. The lowest BCUT2D eigenvalue weighted by Gasteiger charge is -2.28. The number of rotatable bonds is 0. The molecule has 18 heavy (non-hydrogen) atoms. The van der Waals surface area contributed by atoms with E-state index in [1.807, 2.05) is 11.8 Å². The molecule has 0 bridgehead atoms. The van der Waals surface area contributed by atoms with Crippen molar-refractivity contribution in [1.82, 2.24) is 9.55 Å². The summed E-state index contributed by atoms with van der Waals surface area (Å²) in [6.07, 6.45) is 0.951. The maximum atomic E-state index is 12.4. The van der Waals surface area contributed by atoms with E-state index in [-0.39, 0.29) is 10.3 Å². The van der Waals surface area contributed by atoms with Crippen LogP contribution in [0.4, 0.5) is 0 Å². The van der Waals surface area contributed by atoms with Gasteiger partial charge >= 0.3 is 0 Å². The highest BCUT2D eigenvalue weighted by Gasteiger charge is 2.30. The summed E-state index contributed by atoms with van der Waals surface area (Å²) in [6.45, 7) is 4.47. The van der Waals surface area contributed by atoms with Gasteiger partial charge in [0.1, 0.15) is 4.83 Å². The Kier molecular flexibility index (Phi) is 2.73. The van der Waals surface area contributed by atoms with Crippen molar-refractivity contribution >= 4 is 45.5 Å². The second-order valence-corrected chi connectivity index (χ2v) is 8.40. The summed E-state index contributed by atoms with van der Waals surface area (Å²) in [7, 11) is 1.73. The van der Waals surface area contributed by atoms with Gasteiger partial charge in [0.15, 0.2) is 4.77 Å². The fourth-order valence-corrected chi connectivity index (χ4v) is 4.92. The summed E-state index contributed by atoms with van der Waals surface area (Å²) in [5.74, 6) is 0.992. The molecule has 0 unspecified atom stereocenters. The van der Waals surface area contributed by atoms with Crippen molar-refractivity contribution in [3.05, 3.63) is 25.6 Å². The minimum Gasteiger partial charge on any atom is -0.323 e. The molecule has 2 aromatic rings. The molecule has 1 N–H and O–H groups in total. The predicted octanol–water partition coefficient (Wildman–Crippen LogP) is 3.23. The monoisotopic (exact) mass is 298 g/mol. The SMILES string of the molecule is Cn1c(=S)[nH]c2sc3c(c2c1=O)CC(C)(C)SC3. The Balaban J connectivity index is 2.39. The number of aromatic nitrogens is 2. The van der Waals surface area contributed by atoms with Gasteiger partial charge < -0.3 is 4.98 Å². The van der Waals surface area contributed by atoms with Crippen molar-refractivity contribution in [3.8, 4) is 0 Å². The third-order valence-electron chi connectivity index (χ3n) is 3.33. The Morgan fingerprint density at radius 3 is 2.89 bits per heavy atom. The van der Waals surface area contributed by atoms with E-state index in [4.69, 9.17) is 12.2 Å². The van der Waals surface area contributed by atoms with Gasteiger partial charge in [-0.05, 0) is 24.2 Å². The zero-order valence-corrected chi connectivity index (χ0v) is 12.9. The first-order valence-corrected chi connectivity index (χ1v) is 7.97. The van der Waals surface area contributed by atoms with E-state index in [0.29, 0.717) is 4.77 Å². The van der Waals surface area contributed by atoms with Gasteiger partial charge in [0.25, 0.3) is 5.56 Å². The van der Waals surface area contributed by atoms with Gasteiger partial charge in [0.05, 0.1) is 5.39 Å². The number of nitrogens with zero attached hydrogens (tertiary/aromatic N) is 1. The smallest absolute Gasteiger partial charge is 0.263 e. The molecule has 3 rings (SSSR count). The van der Waals surface area contributed by atoms with Crippen LogP contribution in [0.5, 0.6) is 0 Å². The molecule has 1 aliphatic rings. The first-order chi connectivity index (χ1) is 8.39. The largest absolute Gasteiger partial charge is 0.323 e. The van der Waals surface area contributed by atoms with Crippen LogP contribution in [0, 0.1) is 4.77 Å². The normalized spacial score (nSPS) is 17.9. The molecule has 6 heteroatoms. The van der Waals surface area contributed by atoms with E-state index < -0.39 is 0 Å². The van der Waals surface area contributed by atoms with Gasteiger partial charge in [0, 0.05) is 22.4 Å². The van der Waals surface area contributed by atoms with Crippen LogP contribution in [-0.4, -0.2) is 14.3 Å². The maximum absolute atomic E-state index is 12.4. The lowest BCUT2D eigenvalue weighted by atomic mass is 10.00. The molecule has 0 fully saturated rings. The summed E-state index contributed by atoms with van der Waals surface area (Å²) in [4.78, 5) is 17.8. The molecule has 3 heterocycles. The summed E-state index contributed by atoms with van der Waals surface area (Å²) in [5, 5.41) is 0.847. The number of nitrogens with one attached hydrogen (secondary N) is 1. The molecule has 0 amide bonds. The van der Waals surface area contributed by atoms with Crippen LogP contribution in [0.2, 0.25) is 0 Å². The van der Waals surface area contributed by atoms with Crippen molar-refractivity contribution in [1.29, 1.82) is 0 Å². The van der Waals surface area contributed by atoms with Gasteiger partial charge in [-0.25, -0.2) is 0 Å². The number of aromatic amines is 1. The van der Waals surface area contributed by atoms with Crippen LogP contribution in [0.3, 0.4) is 0 Å². The summed E-state index contributed by atoms with van der Waals surface area (Å²) in [6, 6.07) is 0. The molecule has 0 spiro atoms. The second-order valence-electron chi connectivity index (χ2n) is 5.23. The zero-order valence-electron chi connectivity index (χ0n) is 10.5. The average molecular weight is 298 g/mol. The highest BCUT2D eigenvalue weighted by atomic mass is 32.2. The standard InChI is InChI=1S/C12H14N2OS3/c1-12(2)4-6-7(5-17-12)18-9-8(6)10(15)14(3)11(16)13-9/h4-5H2,1-3H3,(H,13,16). The van der Waals surface area contributed by atoms with Crippen LogP contribution in [0.1, 0.15) is 24.3 Å². The van der Waals surface area contributed by atoms with E-state index in [9.17, 15) is 4.79 Å². The number of H-pyrrole nitrogens is 1. The van der Waals surface area contributed by atoms with Crippen molar-refractivity contribution in [2.24, 2.45) is 7.05 Å². The molecule has 0 atom stereocenters. The van der Waals surface area contributed by atoms with E-state index in [0.717, 1.165) is 22.4 Å². The minimum absolute atomic E-state index is 0.0361. The van der Waals surface area contributed by atoms with Gasteiger partial charge in [-0.3, -0.25) is 9.36 Å². The summed E-state index contributed by atoms with van der Waals surface area (Å²) in [5.41, 5.74) is 1.26. The first-order valence-electron chi connectivity index (χ1n) is 5.76. The second kappa shape index (κ2) is 3.95. The lowest BCUT2D eigenvalue weighted by Crippen LogP contribution is -2.25. The number of thiophene rings is 1. The van der Waals surface area contributed by atoms with Crippen LogP contribution < -0.4 is 5.56 Å². The molecule has 1 aliphatic heterocycles. The Bertz CT molecular complexity index is 751. The third-order valence-corrected chi connectivity index (χ3v) is 6.40. The number of hydrogen-bond donors (Lipinski definition) is 1. The highest BCUT2D eigenvalue weighted by molar-refractivity contribution is 8.00. The van der Waals surface area contributed by atoms with Gasteiger partial charge in [-0.1, -0.05) is 13.8 Å². The molecule has 0 saturated carbocycles. The zero-order chi connectivity index (χ0) is 13.1. The van der Waals surface area contributed by atoms with Crippen LogP contribution in [-0.2, 0) is 19.2 Å². The first kappa shape index (κ1) is 12.4. The quantitative estimate of drug-likeness (QED) is 0.759. The number of fused-ring (bicyclic) bond motifs is 3. The lowest BCUT2D eigenvalue weighted by molar-refractivity contribution is 0.698. The van der Waals surface area contributed by atoms with Gasteiger partial charge in [0.2, 0.25) is 0 Å². The molecule has 0 saturated heterocycles. The Hall–Kier alpha value is -0.590. The molecule has 0 aliphatic carbocycles. The Labute approximate surface area is 118 Å². The van der Waals surface area contributed by atoms with Gasteiger partial charge in [-0.15, -0.1) is 23.1 Å². The number of hydrogen-bond acceptors (Lipinski definition) is 4. The Morgan fingerprint density at radius 2 is 2.17 bits per heavy atom. The van der Waals surface area contributed by atoms with Crippen LogP contribution in [0.15, 0.2) is 4.79 Å². The maximum Gasteiger partial charge on any atom is 0.263 e. The fourth-order valence-electron chi connectivity index (χ4n) is 2.31. The average Bonchev–Trinajstić information content (AvgIpc) is 2.62. The minimum atomic E-state index is 0.0361. The van der Waals surface area contributed by atoms with E-state index >= 15 is 0 Å². The fraction of sp³-hybridized carbons (Fsp3) is 0.500. The molecule has 3 nitrogen and oxygen atoms in total. The van der Waals surface area contributed by atoms with Crippen molar-refractivity contribution in [2.45, 2.75) is 30.8 Å². The number of thioether (sulfide) groups is 1. The molecule has 96 valence electrons. The van der Waals surface area contributed by atoms with E-state index in [1.54, 1.807) is 18.4 Å².